The summed E-state index contributed by atoms with van der Waals surface area (Å²) in [7, 11) is 7.82. The van der Waals surface area contributed by atoms with Crippen molar-refractivity contribution in [2.24, 2.45) is 23.7 Å². The molecule has 2 heterocycles. The molecule has 2 aromatic carbocycles. The summed E-state index contributed by atoms with van der Waals surface area (Å²) in [6, 6.07) is 3.45. The van der Waals surface area contributed by atoms with Crippen LogP contribution in [0.4, 0.5) is 13.2 Å². The Balaban J connectivity index is 2.02. The van der Waals surface area contributed by atoms with Crippen LogP contribution in [0.2, 0.25) is 0 Å². The molecule has 12 amide bonds. The fourth-order valence-electron chi connectivity index (χ4n) is 12.7. The number of likely N-dealkylation sites (tertiary alicyclic amines) is 1. The molecule has 0 radical (unpaired) electrons. The monoisotopic (exact) mass is 1480 g/mol. The minimum Gasteiger partial charge on any atom is -0.391 e. The number of carbonyl (C=O) groups is 12. The van der Waals surface area contributed by atoms with E-state index in [9.17, 15) is 42.6 Å². The number of hydrogen-bond acceptors (Lipinski definition) is 15. The second kappa shape index (κ2) is 42.2. The third-order valence-electron chi connectivity index (χ3n) is 19.5. The van der Waals surface area contributed by atoms with E-state index in [0.717, 1.165) is 35.8 Å². The molecule has 2 aromatic rings. The molecule has 30 heteroatoms. The first kappa shape index (κ1) is 89.1. The SMILES string of the molecule is CCCCN1CC(=O)N(C)[C@@H](Cc2ccccc2)C(=O)N(C)[C@@H](CC(C)C)C(=O)N[C@@H](COCC(O)C(F)(F)F)C(=O)N(C)[C@@H](CC(C)C)C(=O)N[C@H](C(=O)N2CCCCC2)CC(=O)N(C)CC(=O)N(C)[C@@H](Cc2ccccc2)C(=O)N[C@@H]([C@@H](C)CC)C(=O)N(C)[C@@H](CC(C)C)C(=O)NC([C@@H](C)O)C1=O. The number of aliphatic hydroxyl groups excluding tert-OH is 2. The van der Waals surface area contributed by atoms with Gasteiger partial charge in [-0.25, -0.2) is 0 Å². The largest absolute Gasteiger partial charge is 0.416 e. The predicted octanol–water partition coefficient (Wildman–Crippen LogP) is 3.55. The molecule has 0 aromatic heterocycles. The van der Waals surface area contributed by atoms with Crippen LogP contribution in [-0.4, -0.2) is 281 Å². The van der Waals surface area contributed by atoms with Crippen LogP contribution in [0, 0.1) is 23.7 Å². The van der Waals surface area contributed by atoms with Crippen molar-refractivity contribution in [1.29, 1.82) is 0 Å². The number of unbranched alkanes of at least 4 members (excludes halogenated alkanes) is 1. The Morgan fingerprint density at radius 3 is 1.47 bits per heavy atom. The number of piperidine rings is 1. The lowest BCUT2D eigenvalue weighted by atomic mass is 9.94. The van der Waals surface area contributed by atoms with Crippen LogP contribution in [0.1, 0.15) is 145 Å². The number of ether oxygens (including phenoxy) is 1. The Morgan fingerprint density at radius 2 is 0.981 bits per heavy atom. The molecule has 0 bridgehead atoms. The van der Waals surface area contributed by atoms with Gasteiger partial charge in [-0.2, -0.15) is 13.2 Å². The molecule has 6 N–H and O–H groups in total. The van der Waals surface area contributed by atoms with Crippen molar-refractivity contribution in [2.75, 3.05) is 88.2 Å². The molecule has 2 saturated heterocycles. The molecule has 2 aliphatic rings. The first-order chi connectivity index (χ1) is 49.2. The lowest BCUT2D eigenvalue weighted by Crippen LogP contribution is -2.62. The number of amides is 12. The zero-order chi connectivity index (χ0) is 78.9. The van der Waals surface area contributed by atoms with Gasteiger partial charge in [-0.05, 0) is 86.7 Å². The molecular weight excluding hydrogens is 1370 g/mol. The quantitative estimate of drug-likeness (QED) is 0.104. The van der Waals surface area contributed by atoms with E-state index in [2.05, 4.69) is 21.3 Å². The van der Waals surface area contributed by atoms with E-state index in [4.69, 9.17) is 4.74 Å². The molecule has 2 fully saturated rings. The van der Waals surface area contributed by atoms with E-state index in [1.807, 2.05) is 6.92 Å². The van der Waals surface area contributed by atoms with E-state index in [0.29, 0.717) is 43.2 Å². The van der Waals surface area contributed by atoms with Crippen molar-refractivity contribution >= 4 is 70.9 Å². The zero-order valence-corrected chi connectivity index (χ0v) is 64.3. The number of likely N-dealkylation sites (N-methyl/N-ethyl adjacent to an activating group) is 6. The number of carbonyl (C=O) groups excluding carboxylic acids is 12. The average molecular weight is 1480 g/mol. The van der Waals surface area contributed by atoms with Gasteiger partial charge in [0.2, 0.25) is 70.9 Å². The predicted molar refractivity (Wildman–Crippen MR) is 387 cm³/mol. The maximum atomic E-state index is 15.4. The summed E-state index contributed by atoms with van der Waals surface area (Å²) in [5.74, 6) is -11.8. The Labute approximate surface area is 617 Å². The lowest BCUT2D eigenvalue weighted by molar-refractivity contribution is -0.217. The minimum atomic E-state index is -5.17. The topological polar surface area (TPSA) is 329 Å². The molecular formula is C75H117F3N12O15. The maximum absolute atomic E-state index is 15.4. The molecule has 0 saturated carbocycles. The fraction of sp³-hybridized carbons (Fsp3) is 0.680. The van der Waals surface area contributed by atoms with Crippen LogP contribution < -0.4 is 21.3 Å². The van der Waals surface area contributed by atoms with Gasteiger partial charge >= 0.3 is 6.18 Å². The van der Waals surface area contributed by atoms with E-state index in [-0.39, 0.29) is 63.6 Å². The van der Waals surface area contributed by atoms with Gasteiger partial charge in [0.15, 0.2) is 6.10 Å². The normalized spacial score (nSPS) is 24.5. The van der Waals surface area contributed by atoms with E-state index >= 15 is 38.4 Å². The van der Waals surface area contributed by atoms with Crippen molar-refractivity contribution in [1.82, 2.24) is 60.5 Å². The second-order valence-corrected chi connectivity index (χ2v) is 29.5. The second-order valence-electron chi connectivity index (χ2n) is 29.5. The number of benzene rings is 2. The number of alkyl halides is 3. The smallest absolute Gasteiger partial charge is 0.391 e. The molecule has 105 heavy (non-hydrogen) atoms. The summed E-state index contributed by atoms with van der Waals surface area (Å²) in [6.45, 7) is 13.8. The van der Waals surface area contributed by atoms with Crippen molar-refractivity contribution in [3.05, 3.63) is 71.8 Å². The van der Waals surface area contributed by atoms with Crippen molar-refractivity contribution in [3.63, 3.8) is 0 Å². The van der Waals surface area contributed by atoms with Gasteiger partial charge in [-0.1, -0.05) is 136 Å². The van der Waals surface area contributed by atoms with E-state index in [1.54, 1.807) is 116 Å². The van der Waals surface area contributed by atoms with E-state index in [1.165, 1.54) is 59.0 Å². The molecule has 12 atom stereocenters. The molecule has 0 aliphatic carbocycles. The highest BCUT2D eigenvalue weighted by Crippen LogP contribution is 2.25. The van der Waals surface area contributed by atoms with Crippen LogP contribution >= 0.6 is 0 Å². The molecule has 588 valence electrons. The van der Waals surface area contributed by atoms with Crippen LogP contribution in [-0.2, 0) is 75.1 Å². The number of aliphatic hydroxyl groups is 2. The van der Waals surface area contributed by atoms with Gasteiger partial charge in [-0.3, -0.25) is 57.5 Å². The first-order valence-corrected chi connectivity index (χ1v) is 36.7. The summed E-state index contributed by atoms with van der Waals surface area (Å²) in [6.07, 6.45) is -7.89. The molecule has 2 unspecified atom stereocenters. The fourth-order valence-corrected chi connectivity index (χ4v) is 12.7. The Morgan fingerprint density at radius 1 is 0.533 bits per heavy atom. The number of nitrogens with one attached hydrogen (secondary N) is 4. The van der Waals surface area contributed by atoms with E-state index < -0.39 is 188 Å². The van der Waals surface area contributed by atoms with Gasteiger partial charge < -0.3 is 75.4 Å². The molecule has 2 aliphatic heterocycles. The van der Waals surface area contributed by atoms with Crippen molar-refractivity contribution in [3.8, 4) is 0 Å². The van der Waals surface area contributed by atoms with Gasteiger partial charge in [0.25, 0.3) is 0 Å². The lowest BCUT2D eigenvalue weighted by Gasteiger charge is -2.38. The number of nitrogens with zero attached hydrogens (tertiary/aromatic N) is 8. The number of rotatable bonds is 21. The highest BCUT2D eigenvalue weighted by atomic mass is 19.4. The van der Waals surface area contributed by atoms with Crippen molar-refractivity contribution < 1.29 is 85.7 Å². The molecule has 27 nitrogen and oxygen atoms in total. The first-order valence-electron chi connectivity index (χ1n) is 36.7. The molecule has 0 spiro atoms. The van der Waals surface area contributed by atoms with Crippen LogP contribution in [0.15, 0.2) is 60.7 Å². The van der Waals surface area contributed by atoms with Crippen LogP contribution in [0.3, 0.4) is 0 Å². The summed E-state index contributed by atoms with van der Waals surface area (Å²) in [5, 5.41) is 32.3. The number of hydrogen-bond donors (Lipinski definition) is 6. The van der Waals surface area contributed by atoms with Gasteiger partial charge in [0, 0.05) is 74.8 Å². The third kappa shape index (κ3) is 26.6. The van der Waals surface area contributed by atoms with Crippen LogP contribution in [0.5, 0.6) is 0 Å². The summed E-state index contributed by atoms with van der Waals surface area (Å²) >= 11 is 0. The van der Waals surface area contributed by atoms with Crippen LogP contribution in [0.25, 0.3) is 0 Å². The van der Waals surface area contributed by atoms with Gasteiger partial charge in [0.05, 0.1) is 38.8 Å². The highest BCUT2D eigenvalue weighted by Gasteiger charge is 2.45. The minimum absolute atomic E-state index is 0.0168. The standard InChI is InChI=1S/C75H117F3N12O15/c1-17-19-33-90-43-63(95)85(13)59(40-52-31-25-21-26-32-52)72(102)87(15)56(37-47(5)6)67(97)80-54(44-105-45-60(92)75(76,77)78)70(100)86(14)55(36-46(3)4)66(96)79-53(71(101)89-34-27-22-28-35-89)41-61(93)83(11)42-62(94)84(12)58(39-51-29-23-20-24-30-51)69(99)81-64(49(9)18-2)73(103)88(16)57(38-48(7)8)68(98)82-65(50(10)91)74(90)104/h20-21,23-26,29-32,46-50,53-60,64-65,91-92H,17-19,22,27-28,33-45H2,1-16H3,(H,79,96)(H,80,97)(H,81,99)(H,82,98)/t49-,50+,53-,54-,55-,56-,57-,58-,59-,60?,64-,65?/m0/s1. The van der Waals surface area contributed by atoms with Gasteiger partial charge in [-0.15, -0.1) is 0 Å². The average Bonchev–Trinajstić information content (AvgIpc) is 0.821. The van der Waals surface area contributed by atoms with Crippen molar-refractivity contribution in [2.45, 2.75) is 219 Å². The third-order valence-corrected chi connectivity index (χ3v) is 19.5. The van der Waals surface area contributed by atoms with Gasteiger partial charge in [0.1, 0.15) is 54.4 Å². The summed E-state index contributed by atoms with van der Waals surface area (Å²) in [5.41, 5.74) is 1.16. The summed E-state index contributed by atoms with van der Waals surface area (Å²) < 4.78 is 46.7. The summed E-state index contributed by atoms with van der Waals surface area (Å²) in [4.78, 5) is 189. The Kier molecular flexibility index (Phi) is 35.8. The maximum Gasteiger partial charge on any atom is 0.416 e. The highest BCUT2D eigenvalue weighted by molar-refractivity contribution is 6.00. The molecule has 4 rings (SSSR count). The Bertz CT molecular complexity index is 3220. The Hall–Kier alpha value is -8.25. The zero-order valence-electron chi connectivity index (χ0n) is 64.3. The number of halogens is 3.